The van der Waals surface area contributed by atoms with E-state index >= 15 is 0 Å². The number of carbonyl (C=O) groups is 1. The van der Waals surface area contributed by atoms with Gasteiger partial charge in [0.2, 0.25) is 5.91 Å². The van der Waals surface area contributed by atoms with Gasteiger partial charge in [-0.05, 0) is 21.6 Å². The van der Waals surface area contributed by atoms with Gasteiger partial charge in [-0.2, -0.15) is 0 Å². The molecule has 7 nitrogen and oxygen atoms in total. The van der Waals surface area contributed by atoms with Crippen molar-refractivity contribution in [3.8, 4) is 0 Å². The van der Waals surface area contributed by atoms with Crippen molar-refractivity contribution < 1.29 is 9.90 Å². The first-order chi connectivity index (χ1) is 8.78. The van der Waals surface area contributed by atoms with Crippen LogP contribution >= 0.6 is 0 Å². The maximum Gasteiger partial charge on any atom is 0.242 e. The van der Waals surface area contributed by atoms with Crippen LogP contribution in [0.25, 0.3) is 0 Å². The van der Waals surface area contributed by atoms with Gasteiger partial charge in [0, 0.05) is 6.54 Å². The van der Waals surface area contributed by atoms with Crippen LogP contribution in [0, 0.1) is 0 Å². The van der Waals surface area contributed by atoms with Gasteiger partial charge < -0.3 is 10.4 Å². The molecule has 0 atom stereocenters. The van der Waals surface area contributed by atoms with E-state index in [0.717, 1.165) is 11.1 Å². The molecule has 7 heteroatoms. The van der Waals surface area contributed by atoms with E-state index in [0.29, 0.717) is 6.54 Å². The van der Waals surface area contributed by atoms with Crippen LogP contribution in [-0.2, 0) is 24.5 Å². The number of amides is 1. The predicted octanol–water partition coefficient (Wildman–Crippen LogP) is -0.518. The Bertz CT molecular complexity index is 495. The predicted molar refractivity (Wildman–Crippen MR) is 62.0 cm³/mol. The Kier molecular flexibility index (Phi) is 3.98. The fraction of sp³-hybridized carbons (Fsp3) is 0.273. The monoisotopic (exact) mass is 247 g/mol. The van der Waals surface area contributed by atoms with E-state index in [4.69, 9.17) is 5.11 Å². The number of tetrazole rings is 1. The molecular formula is C11H13N5O2. The van der Waals surface area contributed by atoms with E-state index in [1.54, 1.807) is 0 Å². The normalized spacial score (nSPS) is 10.3. The molecule has 0 unspecified atom stereocenters. The van der Waals surface area contributed by atoms with Gasteiger partial charge in [-0.25, -0.2) is 4.68 Å². The lowest BCUT2D eigenvalue weighted by atomic mass is 10.1. The van der Waals surface area contributed by atoms with Gasteiger partial charge in [0.1, 0.15) is 12.9 Å². The smallest absolute Gasteiger partial charge is 0.242 e. The first-order valence-electron chi connectivity index (χ1n) is 5.44. The Morgan fingerprint density at radius 1 is 1.28 bits per heavy atom. The molecule has 0 aliphatic heterocycles. The largest absolute Gasteiger partial charge is 0.392 e. The summed E-state index contributed by atoms with van der Waals surface area (Å²) < 4.78 is 1.35. The molecule has 0 saturated carbocycles. The van der Waals surface area contributed by atoms with Gasteiger partial charge in [0.15, 0.2) is 0 Å². The fourth-order valence-corrected chi connectivity index (χ4v) is 1.42. The van der Waals surface area contributed by atoms with Crippen molar-refractivity contribution in [3.63, 3.8) is 0 Å². The van der Waals surface area contributed by atoms with Crippen LogP contribution in [-0.4, -0.2) is 31.2 Å². The molecule has 1 aromatic heterocycles. The third kappa shape index (κ3) is 3.36. The summed E-state index contributed by atoms with van der Waals surface area (Å²) >= 11 is 0. The lowest BCUT2D eigenvalue weighted by molar-refractivity contribution is -0.122. The van der Waals surface area contributed by atoms with Gasteiger partial charge >= 0.3 is 0 Å². The van der Waals surface area contributed by atoms with E-state index in [1.165, 1.54) is 11.0 Å². The third-order valence-corrected chi connectivity index (χ3v) is 2.39. The van der Waals surface area contributed by atoms with E-state index in [-0.39, 0.29) is 19.1 Å². The SMILES string of the molecule is O=C(Cn1cnnn1)NCc1ccc(CO)cc1. The van der Waals surface area contributed by atoms with Gasteiger partial charge in [-0.3, -0.25) is 4.79 Å². The highest BCUT2D eigenvalue weighted by Crippen LogP contribution is 2.03. The fourth-order valence-electron chi connectivity index (χ4n) is 1.42. The highest BCUT2D eigenvalue weighted by molar-refractivity contribution is 5.75. The van der Waals surface area contributed by atoms with Gasteiger partial charge in [-0.1, -0.05) is 24.3 Å². The molecule has 2 aromatic rings. The van der Waals surface area contributed by atoms with E-state index in [9.17, 15) is 4.79 Å². The second-order valence-electron chi connectivity index (χ2n) is 3.76. The van der Waals surface area contributed by atoms with Gasteiger partial charge in [0.05, 0.1) is 6.61 Å². The number of aliphatic hydroxyl groups is 1. The Morgan fingerprint density at radius 3 is 2.61 bits per heavy atom. The minimum Gasteiger partial charge on any atom is -0.392 e. The van der Waals surface area contributed by atoms with Crippen LogP contribution in [0.3, 0.4) is 0 Å². The van der Waals surface area contributed by atoms with Gasteiger partial charge in [0.25, 0.3) is 0 Å². The molecule has 0 saturated heterocycles. The highest BCUT2D eigenvalue weighted by Gasteiger charge is 2.03. The van der Waals surface area contributed by atoms with Crippen molar-refractivity contribution in [1.29, 1.82) is 0 Å². The summed E-state index contributed by atoms with van der Waals surface area (Å²) in [6.07, 6.45) is 1.38. The topological polar surface area (TPSA) is 92.9 Å². The van der Waals surface area contributed by atoms with E-state index < -0.39 is 0 Å². The van der Waals surface area contributed by atoms with Crippen LogP contribution in [0.2, 0.25) is 0 Å². The quantitative estimate of drug-likeness (QED) is 0.741. The van der Waals surface area contributed by atoms with Crippen LogP contribution in [0.15, 0.2) is 30.6 Å². The molecule has 0 bridgehead atoms. The number of aliphatic hydroxyl groups excluding tert-OH is 1. The zero-order chi connectivity index (χ0) is 12.8. The van der Waals surface area contributed by atoms with Gasteiger partial charge in [-0.15, -0.1) is 5.10 Å². The maximum absolute atomic E-state index is 11.5. The zero-order valence-corrected chi connectivity index (χ0v) is 9.65. The molecule has 94 valence electrons. The van der Waals surface area contributed by atoms with Crippen LogP contribution in [0.5, 0.6) is 0 Å². The third-order valence-electron chi connectivity index (χ3n) is 2.39. The molecule has 2 rings (SSSR count). The standard InChI is InChI=1S/C11H13N5O2/c17-7-10-3-1-9(2-4-10)5-12-11(18)6-16-8-13-14-15-16/h1-4,8,17H,5-7H2,(H,12,18). The average Bonchev–Trinajstić information content (AvgIpc) is 2.90. The first kappa shape index (κ1) is 12.2. The summed E-state index contributed by atoms with van der Waals surface area (Å²) in [5.74, 6) is -0.159. The number of benzene rings is 1. The molecule has 0 fully saturated rings. The summed E-state index contributed by atoms with van der Waals surface area (Å²) in [4.78, 5) is 11.5. The Morgan fingerprint density at radius 2 is 2.00 bits per heavy atom. The maximum atomic E-state index is 11.5. The summed E-state index contributed by atoms with van der Waals surface area (Å²) in [6, 6.07) is 7.37. The molecular weight excluding hydrogens is 234 g/mol. The van der Waals surface area contributed by atoms with Crippen molar-refractivity contribution in [1.82, 2.24) is 25.5 Å². The second-order valence-corrected chi connectivity index (χ2v) is 3.76. The lowest BCUT2D eigenvalue weighted by Crippen LogP contribution is -2.27. The van der Waals surface area contributed by atoms with E-state index in [2.05, 4.69) is 20.8 Å². The molecule has 0 aliphatic rings. The van der Waals surface area contributed by atoms with Crippen molar-refractivity contribution in [3.05, 3.63) is 41.7 Å². The minimum absolute atomic E-state index is 0.0198. The molecule has 1 amide bonds. The molecule has 0 spiro atoms. The summed E-state index contributed by atoms with van der Waals surface area (Å²) in [5.41, 5.74) is 1.82. The zero-order valence-electron chi connectivity index (χ0n) is 9.65. The van der Waals surface area contributed by atoms with Crippen molar-refractivity contribution in [2.24, 2.45) is 0 Å². The van der Waals surface area contributed by atoms with Crippen LogP contribution in [0.1, 0.15) is 11.1 Å². The number of nitrogens with one attached hydrogen (secondary N) is 1. The number of aromatic nitrogens is 4. The average molecular weight is 247 g/mol. The van der Waals surface area contributed by atoms with Crippen molar-refractivity contribution >= 4 is 5.91 Å². The summed E-state index contributed by atoms with van der Waals surface area (Å²) in [6.45, 7) is 0.556. The Balaban J connectivity index is 1.81. The Hall–Kier alpha value is -2.28. The minimum atomic E-state index is -0.159. The number of hydrogen-bond donors (Lipinski definition) is 2. The van der Waals surface area contributed by atoms with E-state index in [1.807, 2.05) is 24.3 Å². The summed E-state index contributed by atoms with van der Waals surface area (Å²) in [5, 5.41) is 22.1. The van der Waals surface area contributed by atoms with Crippen LogP contribution < -0.4 is 5.32 Å². The van der Waals surface area contributed by atoms with Crippen molar-refractivity contribution in [2.45, 2.75) is 19.7 Å². The molecule has 1 aromatic carbocycles. The summed E-state index contributed by atoms with van der Waals surface area (Å²) in [7, 11) is 0. The number of hydrogen-bond acceptors (Lipinski definition) is 5. The molecule has 2 N–H and O–H groups in total. The highest BCUT2D eigenvalue weighted by atomic mass is 16.3. The molecule has 0 radical (unpaired) electrons. The Labute approximate surface area is 103 Å². The second kappa shape index (κ2) is 5.87. The number of nitrogens with zero attached hydrogens (tertiary/aromatic N) is 4. The lowest BCUT2D eigenvalue weighted by Gasteiger charge is -2.05. The molecule has 1 heterocycles. The van der Waals surface area contributed by atoms with Crippen LogP contribution in [0.4, 0.5) is 0 Å². The number of rotatable bonds is 5. The molecule has 0 aliphatic carbocycles. The first-order valence-corrected chi connectivity index (χ1v) is 5.44. The number of carbonyl (C=O) groups excluding carboxylic acids is 1. The molecule has 18 heavy (non-hydrogen) atoms. The van der Waals surface area contributed by atoms with Crippen molar-refractivity contribution in [2.75, 3.05) is 0 Å².